The Kier molecular flexibility index (Phi) is 6.52. The number of benzene rings is 2. The number of sulfonamides is 1. The molecule has 0 bridgehead atoms. The summed E-state index contributed by atoms with van der Waals surface area (Å²) in [5.41, 5.74) is 0.909. The quantitative estimate of drug-likeness (QED) is 0.800. The number of nitrogens with one attached hydrogen (secondary N) is 1. The molecule has 0 aromatic heterocycles. The van der Waals surface area contributed by atoms with Crippen LogP contribution in [0.25, 0.3) is 0 Å². The molecule has 144 valence electrons. The van der Waals surface area contributed by atoms with Gasteiger partial charge >= 0.3 is 0 Å². The van der Waals surface area contributed by atoms with Crippen LogP contribution < -0.4 is 4.72 Å². The van der Waals surface area contributed by atoms with Crippen LogP contribution in [0.5, 0.6) is 0 Å². The first-order valence-corrected chi connectivity index (χ1v) is 10.9. The van der Waals surface area contributed by atoms with E-state index in [-0.39, 0.29) is 10.8 Å². The summed E-state index contributed by atoms with van der Waals surface area (Å²) < 4.78 is 28.2. The average Bonchev–Trinajstić information content (AvgIpc) is 2.68. The number of carbonyl (C=O) groups excluding carboxylic acids is 1. The van der Waals surface area contributed by atoms with Crippen LogP contribution in [0.2, 0.25) is 5.02 Å². The third kappa shape index (κ3) is 5.31. The molecule has 7 heteroatoms. The highest BCUT2D eigenvalue weighted by Gasteiger charge is 2.30. The first kappa shape index (κ1) is 19.9. The van der Waals surface area contributed by atoms with Gasteiger partial charge in [0.05, 0.1) is 4.90 Å². The van der Waals surface area contributed by atoms with Crippen molar-refractivity contribution in [3.63, 3.8) is 0 Å². The van der Waals surface area contributed by atoms with Gasteiger partial charge in [0.2, 0.25) is 15.9 Å². The Hall–Kier alpha value is -1.89. The molecule has 3 rings (SSSR count). The van der Waals surface area contributed by atoms with Gasteiger partial charge in [-0.05, 0) is 55.5 Å². The van der Waals surface area contributed by atoms with E-state index in [1.807, 2.05) is 30.3 Å². The molecular weight excluding hydrogens is 384 g/mol. The number of amides is 1. The van der Waals surface area contributed by atoms with Crippen LogP contribution >= 0.6 is 11.6 Å². The summed E-state index contributed by atoms with van der Waals surface area (Å²) in [5.74, 6) is -0.170. The Labute approximate surface area is 165 Å². The van der Waals surface area contributed by atoms with Crippen molar-refractivity contribution in [2.75, 3.05) is 13.1 Å². The number of likely N-dealkylation sites (tertiary alicyclic amines) is 1. The van der Waals surface area contributed by atoms with Gasteiger partial charge in [-0.2, -0.15) is 4.72 Å². The van der Waals surface area contributed by atoms with E-state index in [0.717, 1.165) is 24.8 Å². The molecule has 1 atom stereocenters. The molecule has 5 nitrogen and oxygen atoms in total. The second kappa shape index (κ2) is 8.87. The summed E-state index contributed by atoms with van der Waals surface area (Å²) >= 11 is 5.85. The maximum absolute atomic E-state index is 13.0. The fraction of sp³-hybridized carbons (Fsp3) is 0.350. The van der Waals surface area contributed by atoms with Gasteiger partial charge < -0.3 is 4.90 Å². The molecule has 27 heavy (non-hydrogen) atoms. The van der Waals surface area contributed by atoms with Crippen molar-refractivity contribution in [1.29, 1.82) is 0 Å². The fourth-order valence-corrected chi connectivity index (χ4v) is 4.55. The van der Waals surface area contributed by atoms with Crippen LogP contribution in [0.15, 0.2) is 59.5 Å². The van der Waals surface area contributed by atoms with E-state index in [0.29, 0.717) is 24.5 Å². The average molecular weight is 407 g/mol. The summed E-state index contributed by atoms with van der Waals surface area (Å²) in [4.78, 5) is 14.9. The van der Waals surface area contributed by atoms with Gasteiger partial charge in [0.25, 0.3) is 0 Å². The zero-order valence-corrected chi connectivity index (χ0v) is 16.5. The zero-order chi connectivity index (χ0) is 19.3. The lowest BCUT2D eigenvalue weighted by Crippen LogP contribution is -2.50. The summed E-state index contributed by atoms with van der Waals surface area (Å²) in [6, 6.07) is 14.5. The summed E-state index contributed by atoms with van der Waals surface area (Å²) in [6.07, 6.45) is 3.31. The lowest BCUT2D eigenvalue weighted by molar-refractivity contribution is -0.133. The van der Waals surface area contributed by atoms with Crippen LogP contribution in [0, 0.1) is 0 Å². The van der Waals surface area contributed by atoms with E-state index in [1.165, 1.54) is 24.3 Å². The molecule has 1 aliphatic rings. The molecule has 1 N–H and O–H groups in total. The Morgan fingerprint density at radius 2 is 1.63 bits per heavy atom. The summed E-state index contributed by atoms with van der Waals surface area (Å²) in [6.45, 7) is 1.35. The van der Waals surface area contributed by atoms with Crippen LogP contribution in [-0.4, -0.2) is 38.4 Å². The molecule has 1 aliphatic heterocycles. The van der Waals surface area contributed by atoms with Crippen LogP contribution in [0.4, 0.5) is 0 Å². The highest BCUT2D eigenvalue weighted by molar-refractivity contribution is 7.89. The van der Waals surface area contributed by atoms with Crippen molar-refractivity contribution in [3.05, 3.63) is 65.2 Å². The second-order valence-electron chi connectivity index (χ2n) is 6.70. The van der Waals surface area contributed by atoms with Crippen molar-refractivity contribution in [3.8, 4) is 0 Å². The number of nitrogens with zero attached hydrogens (tertiary/aromatic N) is 1. The van der Waals surface area contributed by atoms with E-state index in [4.69, 9.17) is 11.6 Å². The number of piperidine rings is 1. The molecule has 1 fully saturated rings. The molecule has 0 unspecified atom stereocenters. The number of rotatable bonds is 6. The predicted octanol–water partition coefficient (Wildman–Crippen LogP) is 3.24. The maximum atomic E-state index is 13.0. The topological polar surface area (TPSA) is 66.5 Å². The number of halogens is 1. The molecule has 2 aromatic rings. The largest absolute Gasteiger partial charge is 0.341 e. The monoisotopic (exact) mass is 406 g/mol. The highest BCUT2D eigenvalue weighted by Crippen LogP contribution is 2.17. The van der Waals surface area contributed by atoms with Gasteiger partial charge in [-0.25, -0.2) is 8.42 Å². The van der Waals surface area contributed by atoms with Gasteiger partial charge in [0.1, 0.15) is 6.04 Å². The van der Waals surface area contributed by atoms with Gasteiger partial charge in [-0.15, -0.1) is 0 Å². The first-order chi connectivity index (χ1) is 13.0. The molecule has 1 saturated heterocycles. The zero-order valence-electron chi connectivity index (χ0n) is 15.0. The van der Waals surface area contributed by atoms with Crippen molar-refractivity contribution in [2.24, 2.45) is 0 Å². The second-order valence-corrected chi connectivity index (χ2v) is 8.85. The molecule has 1 heterocycles. The number of carbonyl (C=O) groups is 1. The normalized spacial score (nSPS) is 16.1. The minimum atomic E-state index is -3.84. The van der Waals surface area contributed by atoms with Gasteiger partial charge in [-0.3, -0.25) is 4.79 Å². The molecular formula is C20H23ClN2O3S. The molecule has 0 aliphatic carbocycles. The molecule has 0 saturated carbocycles. The Morgan fingerprint density at radius 3 is 2.26 bits per heavy atom. The smallest absolute Gasteiger partial charge is 0.241 e. The minimum absolute atomic E-state index is 0.0939. The number of hydrogen-bond donors (Lipinski definition) is 1. The third-order valence-corrected chi connectivity index (χ3v) is 6.41. The first-order valence-electron chi connectivity index (χ1n) is 9.06. The van der Waals surface area contributed by atoms with E-state index in [1.54, 1.807) is 4.90 Å². The number of hydrogen-bond acceptors (Lipinski definition) is 3. The molecule has 0 radical (unpaired) electrons. The van der Waals surface area contributed by atoms with E-state index < -0.39 is 16.1 Å². The SMILES string of the molecule is O=C([C@@H](Cc1ccccc1)NS(=O)(=O)c1ccc(Cl)cc1)N1CCCCC1. The van der Waals surface area contributed by atoms with Crippen molar-refractivity contribution >= 4 is 27.5 Å². The lowest BCUT2D eigenvalue weighted by atomic mass is 10.0. The van der Waals surface area contributed by atoms with Crippen LogP contribution in [0.3, 0.4) is 0 Å². The van der Waals surface area contributed by atoms with Gasteiger partial charge in [0.15, 0.2) is 0 Å². The van der Waals surface area contributed by atoms with Crippen molar-refractivity contribution < 1.29 is 13.2 Å². The Bertz CT molecular complexity index is 864. The minimum Gasteiger partial charge on any atom is -0.341 e. The fourth-order valence-electron chi connectivity index (χ4n) is 3.23. The lowest BCUT2D eigenvalue weighted by Gasteiger charge is -2.30. The predicted molar refractivity (Wildman–Crippen MR) is 106 cm³/mol. The highest BCUT2D eigenvalue weighted by atomic mass is 35.5. The molecule has 0 spiro atoms. The summed E-state index contributed by atoms with van der Waals surface area (Å²) in [7, 11) is -3.84. The Balaban J connectivity index is 1.84. The maximum Gasteiger partial charge on any atom is 0.241 e. The molecule has 1 amide bonds. The summed E-state index contributed by atoms with van der Waals surface area (Å²) in [5, 5.41) is 0.458. The van der Waals surface area contributed by atoms with E-state index in [2.05, 4.69) is 4.72 Å². The van der Waals surface area contributed by atoms with Gasteiger partial charge in [-0.1, -0.05) is 41.9 Å². The van der Waals surface area contributed by atoms with Gasteiger partial charge in [0, 0.05) is 18.1 Å². The van der Waals surface area contributed by atoms with Crippen molar-refractivity contribution in [1.82, 2.24) is 9.62 Å². The standard InChI is InChI=1S/C20H23ClN2O3S/c21-17-9-11-18(12-10-17)27(25,26)22-19(15-16-7-3-1-4-8-16)20(24)23-13-5-2-6-14-23/h1,3-4,7-12,19,22H,2,5-6,13-15H2/t19-/m1/s1. The van der Waals surface area contributed by atoms with Crippen molar-refractivity contribution in [2.45, 2.75) is 36.6 Å². The Morgan fingerprint density at radius 1 is 1.00 bits per heavy atom. The third-order valence-electron chi connectivity index (χ3n) is 4.67. The van der Waals surface area contributed by atoms with E-state index >= 15 is 0 Å². The molecule has 2 aromatic carbocycles. The van der Waals surface area contributed by atoms with E-state index in [9.17, 15) is 13.2 Å². The van der Waals surface area contributed by atoms with Crippen LogP contribution in [0.1, 0.15) is 24.8 Å². The van der Waals surface area contributed by atoms with Crippen LogP contribution in [-0.2, 0) is 21.2 Å².